The van der Waals surface area contributed by atoms with E-state index < -0.39 is 0 Å². The molecule has 0 bridgehead atoms. The van der Waals surface area contributed by atoms with Crippen molar-refractivity contribution in [3.63, 3.8) is 0 Å². The minimum atomic E-state index is 0.0901. The number of ketones is 1. The molecular formula is C24H21NO2. The summed E-state index contributed by atoms with van der Waals surface area (Å²) < 4.78 is 7.53. The van der Waals surface area contributed by atoms with E-state index in [0.717, 1.165) is 58.8 Å². The van der Waals surface area contributed by atoms with E-state index in [0.29, 0.717) is 6.10 Å². The maximum Gasteiger partial charge on any atom is 0.195 e. The second kappa shape index (κ2) is 6.67. The first-order valence-electron chi connectivity index (χ1n) is 9.53. The summed E-state index contributed by atoms with van der Waals surface area (Å²) >= 11 is 0. The van der Waals surface area contributed by atoms with Crippen LogP contribution in [-0.4, -0.2) is 23.1 Å². The summed E-state index contributed by atoms with van der Waals surface area (Å²) in [5, 5.41) is 3.13. The van der Waals surface area contributed by atoms with E-state index >= 15 is 0 Å². The Morgan fingerprint density at radius 3 is 2.52 bits per heavy atom. The zero-order chi connectivity index (χ0) is 18.2. The molecule has 1 aliphatic rings. The van der Waals surface area contributed by atoms with Gasteiger partial charge in [-0.05, 0) is 29.7 Å². The number of para-hydroxylation sites is 1. The van der Waals surface area contributed by atoms with Crippen LogP contribution in [0.4, 0.5) is 0 Å². The number of carbonyl (C=O) groups is 1. The standard InChI is InChI=1S/C24H21NO2/c26-24(21-12-5-8-17-7-1-2-10-19(17)21)22-15-25(14-6-9-18-16-27-18)23-13-4-3-11-20(22)23/h1-5,7-8,10-13,15,18H,6,9,14,16H2/t18-/m1/s1. The summed E-state index contributed by atoms with van der Waals surface area (Å²) in [5.74, 6) is 0.0901. The predicted octanol–water partition coefficient (Wildman–Crippen LogP) is 5.20. The van der Waals surface area contributed by atoms with Crippen molar-refractivity contribution in [2.24, 2.45) is 0 Å². The molecule has 0 amide bonds. The molecule has 1 atom stereocenters. The fourth-order valence-electron chi connectivity index (χ4n) is 3.91. The molecular weight excluding hydrogens is 334 g/mol. The van der Waals surface area contributed by atoms with Crippen LogP contribution in [0.5, 0.6) is 0 Å². The van der Waals surface area contributed by atoms with Gasteiger partial charge in [-0.15, -0.1) is 0 Å². The molecule has 1 saturated heterocycles. The van der Waals surface area contributed by atoms with Crippen molar-refractivity contribution < 1.29 is 9.53 Å². The van der Waals surface area contributed by atoms with Crippen molar-refractivity contribution in [1.82, 2.24) is 4.57 Å². The van der Waals surface area contributed by atoms with Gasteiger partial charge in [-0.3, -0.25) is 4.79 Å². The van der Waals surface area contributed by atoms with Crippen molar-refractivity contribution in [3.8, 4) is 0 Å². The summed E-state index contributed by atoms with van der Waals surface area (Å²) in [7, 11) is 0. The van der Waals surface area contributed by atoms with Crippen LogP contribution in [0.2, 0.25) is 0 Å². The first kappa shape index (κ1) is 16.3. The molecule has 1 aromatic heterocycles. The Hall–Kier alpha value is -2.91. The fraction of sp³-hybridized carbons (Fsp3) is 0.208. The van der Waals surface area contributed by atoms with E-state index in [-0.39, 0.29) is 5.78 Å². The Morgan fingerprint density at radius 2 is 1.67 bits per heavy atom. The largest absolute Gasteiger partial charge is 0.373 e. The van der Waals surface area contributed by atoms with Gasteiger partial charge in [0.05, 0.1) is 12.7 Å². The van der Waals surface area contributed by atoms with E-state index in [4.69, 9.17) is 4.74 Å². The molecule has 1 fully saturated rings. The zero-order valence-electron chi connectivity index (χ0n) is 15.1. The van der Waals surface area contributed by atoms with Gasteiger partial charge in [-0.2, -0.15) is 0 Å². The molecule has 0 unspecified atom stereocenters. The number of aryl methyl sites for hydroxylation is 1. The average Bonchev–Trinajstić information content (AvgIpc) is 3.47. The third-order valence-electron chi connectivity index (χ3n) is 5.39. The molecule has 4 aromatic rings. The first-order valence-corrected chi connectivity index (χ1v) is 9.53. The Balaban J connectivity index is 1.56. The second-order valence-electron chi connectivity index (χ2n) is 7.21. The molecule has 0 aliphatic carbocycles. The minimum Gasteiger partial charge on any atom is -0.373 e. The lowest BCUT2D eigenvalue weighted by molar-refractivity contribution is 0.104. The normalized spacial score (nSPS) is 16.1. The fourth-order valence-corrected chi connectivity index (χ4v) is 3.91. The van der Waals surface area contributed by atoms with Crippen LogP contribution >= 0.6 is 0 Å². The van der Waals surface area contributed by atoms with E-state index in [1.165, 1.54) is 0 Å². The predicted molar refractivity (Wildman–Crippen MR) is 108 cm³/mol. The number of hydrogen-bond donors (Lipinski definition) is 0. The number of aromatic nitrogens is 1. The second-order valence-corrected chi connectivity index (χ2v) is 7.21. The van der Waals surface area contributed by atoms with Gasteiger partial charge in [0.2, 0.25) is 0 Å². The van der Waals surface area contributed by atoms with Gasteiger partial charge in [0.1, 0.15) is 0 Å². The topological polar surface area (TPSA) is 34.5 Å². The summed E-state index contributed by atoms with van der Waals surface area (Å²) in [4.78, 5) is 13.4. The zero-order valence-corrected chi connectivity index (χ0v) is 15.1. The van der Waals surface area contributed by atoms with Crippen LogP contribution < -0.4 is 0 Å². The SMILES string of the molecule is O=C(c1cccc2ccccc12)c1cn(CCC[C@@H]2CO2)c2ccccc12. The third kappa shape index (κ3) is 3.04. The molecule has 5 rings (SSSR count). The highest BCUT2D eigenvalue weighted by molar-refractivity contribution is 6.21. The van der Waals surface area contributed by atoms with Gasteiger partial charge in [-0.1, -0.05) is 60.7 Å². The highest BCUT2D eigenvalue weighted by Crippen LogP contribution is 2.28. The van der Waals surface area contributed by atoms with E-state index in [2.05, 4.69) is 22.8 Å². The molecule has 1 aliphatic heterocycles. The van der Waals surface area contributed by atoms with Gasteiger partial charge >= 0.3 is 0 Å². The first-order chi connectivity index (χ1) is 13.3. The minimum absolute atomic E-state index is 0.0901. The Kier molecular flexibility index (Phi) is 4.02. The van der Waals surface area contributed by atoms with Gasteiger partial charge in [0, 0.05) is 34.8 Å². The van der Waals surface area contributed by atoms with Gasteiger partial charge in [0.15, 0.2) is 5.78 Å². The lowest BCUT2D eigenvalue weighted by Gasteiger charge is -2.05. The molecule has 27 heavy (non-hydrogen) atoms. The number of rotatable bonds is 6. The van der Waals surface area contributed by atoms with Crippen LogP contribution in [0, 0.1) is 0 Å². The van der Waals surface area contributed by atoms with Crippen LogP contribution in [0.1, 0.15) is 28.8 Å². The van der Waals surface area contributed by atoms with Crippen molar-refractivity contribution in [2.75, 3.05) is 6.61 Å². The van der Waals surface area contributed by atoms with Crippen LogP contribution in [0.3, 0.4) is 0 Å². The molecule has 2 heterocycles. The van der Waals surface area contributed by atoms with Crippen molar-refractivity contribution in [3.05, 3.63) is 84.1 Å². The maximum absolute atomic E-state index is 13.4. The Bertz CT molecular complexity index is 1130. The number of epoxide rings is 1. The Labute approximate surface area is 158 Å². The molecule has 3 aromatic carbocycles. The Morgan fingerprint density at radius 1 is 0.926 bits per heavy atom. The quantitative estimate of drug-likeness (QED) is 0.352. The molecule has 134 valence electrons. The number of carbonyl (C=O) groups excluding carboxylic acids is 1. The molecule has 3 heteroatoms. The smallest absolute Gasteiger partial charge is 0.195 e. The van der Waals surface area contributed by atoms with Crippen molar-refractivity contribution in [2.45, 2.75) is 25.5 Å². The van der Waals surface area contributed by atoms with Crippen molar-refractivity contribution in [1.29, 1.82) is 0 Å². The third-order valence-corrected chi connectivity index (χ3v) is 5.39. The lowest BCUT2D eigenvalue weighted by Crippen LogP contribution is -2.02. The summed E-state index contributed by atoms with van der Waals surface area (Å²) in [6, 6.07) is 22.2. The number of ether oxygens (including phenoxy) is 1. The number of nitrogens with zero attached hydrogens (tertiary/aromatic N) is 1. The maximum atomic E-state index is 13.4. The summed E-state index contributed by atoms with van der Waals surface area (Å²) in [5.41, 5.74) is 2.67. The van der Waals surface area contributed by atoms with Crippen LogP contribution in [-0.2, 0) is 11.3 Å². The monoisotopic (exact) mass is 355 g/mol. The summed E-state index contributed by atoms with van der Waals surface area (Å²) in [6.45, 7) is 1.81. The van der Waals surface area contributed by atoms with E-state index in [1.54, 1.807) is 0 Å². The van der Waals surface area contributed by atoms with Crippen LogP contribution in [0.25, 0.3) is 21.7 Å². The summed E-state index contributed by atoms with van der Waals surface area (Å²) in [6.07, 6.45) is 4.62. The molecule has 0 N–H and O–H groups in total. The van der Waals surface area contributed by atoms with Gasteiger partial charge in [-0.25, -0.2) is 0 Å². The number of hydrogen-bond acceptors (Lipinski definition) is 2. The molecule has 3 nitrogen and oxygen atoms in total. The molecule has 0 spiro atoms. The van der Waals surface area contributed by atoms with E-state index in [9.17, 15) is 4.79 Å². The lowest BCUT2D eigenvalue weighted by atomic mass is 9.97. The average molecular weight is 355 g/mol. The van der Waals surface area contributed by atoms with E-state index in [1.807, 2.05) is 54.7 Å². The highest BCUT2D eigenvalue weighted by atomic mass is 16.6. The van der Waals surface area contributed by atoms with Gasteiger partial charge in [0.25, 0.3) is 0 Å². The highest BCUT2D eigenvalue weighted by Gasteiger charge is 2.22. The molecule has 0 radical (unpaired) electrons. The number of fused-ring (bicyclic) bond motifs is 2. The van der Waals surface area contributed by atoms with Crippen LogP contribution in [0.15, 0.2) is 72.9 Å². The number of benzene rings is 3. The molecule has 0 saturated carbocycles. The van der Waals surface area contributed by atoms with Crippen molar-refractivity contribution >= 4 is 27.5 Å². The van der Waals surface area contributed by atoms with Gasteiger partial charge < -0.3 is 9.30 Å².